The van der Waals surface area contributed by atoms with Crippen molar-refractivity contribution < 1.29 is 29.4 Å². The molecule has 224 valence electrons. The van der Waals surface area contributed by atoms with Crippen LogP contribution in [0.25, 0.3) is 10.9 Å². The van der Waals surface area contributed by atoms with Crippen LogP contribution in [-0.2, 0) is 38.4 Å². The maximum absolute atomic E-state index is 13.7. The summed E-state index contributed by atoms with van der Waals surface area (Å²) in [5.41, 5.74) is 9.35. The van der Waals surface area contributed by atoms with E-state index >= 15 is 0 Å². The average Bonchev–Trinajstić information content (AvgIpc) is 3.42. The van der Waals surface area contributed by atoms with Gasteiger partial charge in [0.2, 0.25) is 17.7 Å². The second kappa shape index (κ2) is 14.8. The second-order valence-electron chi connectivity index (χ2n) is 10.3. The van der Waals surface area contributed by atoms with Gasteiger partial charge < -0.3 is 36.9 Å². The molecule has 3 aromatic carbocycles. The van der Waals surface area contributed by atoms with Crippen molar-refractivity contribution in [2.75, 3.05) is 6.61 Å². The molecule has 0 spiro atoms. The number of nitrogens with two attached hydrogens (primary N) is 1. The number of amides is 3. The van der Waals surface area contributed by atoms with E-state index in [1.807, 2.05) is 72.8 Å². The molecule has 8 N–H and O–H groups in total. The minimum Gasteiger partial charge on any atom is -0.480 e. The number of nitrogens with one attached hydrogen (secondary N) is 4. The number of para-hydroxylation sites is 1. The lowest BCUT2D eigenvalue weighted by atomic mass is 10.0. The summed E-state index contributed by atoms with van der Waals surface area (Å²) in [6.07, 6.45) is 2.10. The molecule has 0 radical (unpaired) electrons. The molecule has 0 aliphatic rings. The molecule has 0 bridgehead atoms. The fourth-order valence-corrected chi connectivity index (χ4v) is 4.76. The molecule has 0 saturated carbocycles. The van der Waals surface area contributed by atoms with Crippen LogP contribution in [-0.4, -0.2) is 69.7 Å². The average molecular weight is 586 g/mol. The van der Waals surface area contributed by atoms with Crippen molar-refractivity contribution in [2.24, 2.45) is 5.73 Å². The van der Waals surface area contributed by atoms with Gasteiger partial charge in [-0.2, -0.15) is 0 Å². The van der Waals surface area contributed by atoms with Crippen LogP contribution in [0.5, 0.6) is 0 Å². The zero-order valence-electron chi connectivity index (χ0n) is 23.4. The van der Waals surface area contributed by atoms with Crippen molar-refractivity contribution in [1.82, 2.24) is 20.9 Å². The number of fused-ring (bicyclic) bond motifs is 1. The Morgan fingerprint density at radius 3 is 1.79 bits per heavy atom. The number of carbonyl (C=O) groups excluding carboxylic acids is 3. The number of carbonyl (C=O) groups is 4. The normalized spacial score (nSPS) is 13.8. The van der Waals surface area contributed by atoms with Gasteiger partial charge in [0, 0.05) is 29.9 Å². The number of aromatic amines is 1. The van der Waals surface area contributed by atoms with Gasteiger partial charge in [-0.15, -0.1) is 0 Å². The minimum atomic E-state index is -1.56. The fraction of sp³-hybridized carbons (Fsp3) is 0.250. The minimum absolute atomic E-state index is 0.0128. The van der Waals surface area contributed by atoms with Gasteiger partial charge in [-0.3, -0.25) is 14.4 Å². The summed E-state index contributed by atoms with van der Waals surface area (Å²) >= 11 is 0. The molecular formula is C32H35N5O6. The number of benzene rings is 3. The van der Waals surface area contributed by atoms with Crippen molar-refractivity contribution in [3.8, 4) is 0 Å². The van der Waals surface area contributed by atoms with Gasteiger partial charge in [-0.05, 0) is 29.2 Å². The lowest BCUT2D eigenvalue weighted by molar-refractivity contribution is -0.143. The third kappa shape index (κ3) is 8.51. The van der Waals surface area contributed by atoms with Gasteiger partial charge in [0.1, 0.15) is 18.1 Å². The number of rotatable bonds is 14. The summed E-state index contributed by atoms with van der Waals surface area (Å²) in [7, 11) is 0. The zero-order valence-corrected chi connectivity index (χ0v) is 23.4. The maximum Gasteiger partial charge on any atom is 0.328 e. The first-order valence-corrected chi connectivity index (χ1v) is 13.9. The molecule has 4 aromatic rings. The number of hydrogen-bond acceptors (Lipinski definition) is 6. The summed E-state index contributed by atoms with van der Waals surface area (Å²) in [6, 6.07) is 20.9. The molecule has 0 fully saturated rings. The van der Waals surface area contributed by atoms with Crippen LogP contribution in [0.2, 0.25) is 0 Å². The number of aliphatic hydroxyl groups is 1. The molecule has 4 rings (SSSR count). The summed E-state index contributed by atoms with van der Waals surface area (Å²) in [5, 5.41) is 27.4. The zero-order chi connectivity index (χ0) is 30.8. The molecule has 3 amide bonds. The van der Waals surface area contributed by atoms with E-state index in [-0.39, 0.29) is 19.3 Å². The van der Waals surface area contributed by atoms with Gasteiger partial charge in [-0.25, -0.2) is 4.79 Å². The smallest absolute Gasteiger partial charge is 0.328 e. The largest absolute Gasteiger partial charge is 0.480 e. The van der Waals surface area contributed by atoms with Gasteiger partial charge in [0.15, 0.2) is 0 Å². The van der Waals surface area contributed by atoms with E-state index < -0.39 is 54.5 Å². The highest BCUT2D eigenvalue weighted by molar-refractivity contribution is 5.95. The van der Waals surface area contributed by atoms with E-state index in [2.05, 4.69) is 20.9 Å². The Bertz CT molecular complexity index is 1540. The molecule has 1 heterocycles. The molecular weight excluding hydrogens is 550 g/mol. The van der Waals surface area contributed by atoms with Crippen molar-refractivity contribution in [3.05, 3.63) is 108 Å². The highest BCUT2D eigenvalue weighted by Gasteiger charge is 2.31. The number of aliphatic hydroxyl groups excluding tert-OH is 1. The number of aromatic nitrogens is 1. The van der Waals surface area contributed by atoms with E-state index in [1.165, 1.54) is 0 Å². The van der Waals surface area contributed by atoms with Crippen LogP contribution in [0.15, 0.2) is 91.1 Å². The summed E-state index contributed by atoms with van der Waals surface area (Å²) in [4.78, 5) is 54.8. The standard InChI is InChI=1S/C32H35N5O6/c33-24(15-20-9-3-1-4-10-20)29(39)35-26(16-21-11-5-2-6-12-21)30(40)36-27(31(41)37-28(19-38)32(42)43)17-22-18-34-25-14-8-7-13-23(22)25/h1-14,18,24,26-28,34,38H,15-17,19,33H2,(H,35,39)(H,36,40)(H,37,41)(H,42,43). The second-order valence-corrected chi connectivity index (χ2v) is 10.3. The lowest BCUT2D eigenvalue weighted by Crippen LogP contribution is -2.58. The van der Waals surface area contributed by atoms with E-state index in [0.717, 1.165) is 22.0 Å². The van der Waals surface area contributed by atoms with E-state index in [4.69, 9.17) is 5.73 Å². The SMILES string of the molecule is NC(Cc1ccccc1)C(=O)NC(Cc1ccccc1)C(=O)NC(Cc1c[nH]c2ccccc12)C(=O)NC(CO)C(=O)O. The van der Waals surface area contributed by atoms with Crippen LogP contribution < -0.4 is 21.7 Å². The lowest BCUT2D eigenvalue weighted by Gasteiger charge is -2.25. The number of aliphatic carboxylic acids is 1. The van der Waals surface area contributed by atoms with Crippen LogP contribution in [0.4, 0.5) is 0 Å². The number of carboxylic acid groups (broad SMARTS) is 1. The topological polar surface area (TPSA) is 187 Å². The van der Waals surface area contributed by atoms with Crippen LogP contribution in [0, 0.1) is 0 Å². The van der Waals surface area contributed by atoms with Crippen molar-refractivity contribution in [1.29, 1.82) is 0 Å². The van der Waals surface area contributed by atoms with Crippen molar-refractivity contribution in [2.45, 2.75) is 43.4 Å². The molecule has 0 aliphatic carbocycles. The number of hydrogen-bond donors (Lipinski definition) is 7. The summed E-state index contributed by atoms with van der Waals surface area (Å²) in [6.45, 7) is -0.833. The fourth-order valence-electron chi connectivity index (χ4n) is 4.76. The molecule has 43 heavy (non-hydrogen) atoms. The van der Waals surface area contributed by atoms with E-state index in [9.17, 15) is 29.4 Å². The highest BCUT2D eigenvalue weighted by Crippen LogP contribution is 2.19. The molecule has 1 aromatic heterocycles. The van der Waals surface area contributed by atoms with Crippen LogP contribution in [0.3, 0.4) is 0 Å². The first kappa shape index (κ1) is 30.9. The Hall–Kier alpha value is -5.00. The van der Waals surface area contributed by atoms with Gasteiger partial charge in [0.05, 0.1) is 12.6 Å². The molecule has 0 aliphatic heterocycles. The third-order valence-electron chi connectivity index (χ3n) is 7.08. The Morgan fingerprint density at radius 1 is 0.674 bits per heavy atom. The first-order valence-electron chi connectivity index (χ1n) is 13.9. The van der Waals surface area contributed by atoms with E-state index in [1.54, 1.807) is 18.3 Å². The Morgan fingerprint density at radius 2 is 1.19 bits per heavy atom. The van der Waals surface area contributed by atoms with Gasteiger partial charge >= 0.3 is 5.97 Å². The molecule has 11 heteroatoms. The van der Waals surface area contributed by atoms with Gasteiger partial charge in [-0.1, -0.05) is 78.9 Å². The number of carboxylic acids is 1. The predicted octanol–water partition coefficient (Wildman–Crippen LogP) is 1.05. The first-order chi connectivity index (χ1) is 20.7. The van der Waals surface area contributed by atoms with Gasteiger partial charge in [0.25, 0.3) is 0 Å². The predicted molar refractivity (Wildman–Crippen MR) is 161 cm³/mol. The van der Waals surface area contributed by atoms with Crippen molar-refractivity contribution in [3.63, 3.8) is 0 Å². The van der Waals surface area contributed by atoms with E-state index in [0.29, 0.717) is 5.56 Å². The third-order valence-corrected chi connectivity index (χ3v) is 7.08. The Kier molecular flexibility index (Phi) is 10.6. The maximum atomic E-state index is 13.7. The molecule has 11 nitrogen and oxygen atoms in total. The highest BCUT2D eigenvalue weighted by atomic mass is 16.4. The molecule has 0 saturated heterocycles. The Labute approximate surface area is 248 Å². The van der Waals surface area contributed by atoms with Crippen LogP contribution >= 0.6 is 0 Å². The summed E-state index contributed by atoms with van der Waals surface area (Å²) in [5.74, 6) is -3.41. The monoisotopic (exact) mass is 585 g/mol. The van der Waals surface area contributed by atoms with Crippen LogP contribution in [0.1, 0.15) is 16.7 Å². The quantitative estimate of drug-likeness (QED) is 0.115. The molecule has 4 unspecified atom stereocenters. The number of H-pyrrole nitrogens is 1. The molecule has 4 atom stereocenters. The van der Waals surface area contributed by atoms with Crippen molar-refractivity contribution >= 4 is 34.6 Å². The summed E-state index contributed by atoms with van der Waals surface area (Å²) < 4.78 is 0. The Balaban J connectivity index is 1.57.